The first-order valence-electron chi connectivity index (χ1n) is 12.7. The van der Waals surface area contributed by atoms with Crippen LogP contribution in [0.5, 0.6) is 11.5 Å². The first-order chi connectivity index (χ1) is 16.6. The predicted octanol–water partition coefficient (Wildman–Crippen LogP) is 6.29. The number of likely N-dealkylation sites (tertiary alicyclic amines) is 1. The molecule has 0 radical (unpaired) electrons. The van der Waals surface area contributed by atoms with Crippen LogP contribution < -0.4 is 9.47 Å². The van der Waals surface area contributed by atoms with Gasteiger partial charge in [0.15, 0.2) is 0 Å². The van der Waals surface area contributed by atoms with Gasteiger partial charge in [-0.25, -0.2) is 0 Å². The molecule has 5 nitrogen and oxygen atoms in total. The molecule has 0 amide bonds. The first kappa shape index (κ1) is 28.1. The van der Waals surface area contributed by atoms with Gasteiger partial charge in [-0.05, 0) is 83.3 Å². The van der Waals surface area contributed by atoms with Gasteiger partial charge in [0.05, 0.1) is 15.6 Å². The van der Waals surface area contributed by atoms with Gasteiger partial charge in [0.25, 0.3) is 0 Å². The molecule has 3 rings (SSSR count). The van der Waals surface area contributed by atoms with Gasteiger partial charge in [-0.2, -0.15) is 0 Å². The van der Waals surface area contributed by atoms with E-state index in [1.807, 2.05) is 0 Å². The number of nitrogens with zero attached hydrogens (tertiary/aromatic N) is 2. The highest BCUT2D eigenvalue weighted by atomic mass is 35.5. The molecule has 0 aromatic heterocycles. The van der Waals surface area contributed by atoms with Crippen LogP contribution in [-0.2, 0) is 6.54 Å². The van der Waals surface area contributed by atoms with Gasteiger partial charge >= 0.3 is 0 Å². The number of halogens is 2. The average Bonchev–Trinajstić information content (AvgIpc) is 3.00. The van der Waals surface area contributed by atoms with Gasteiger partial charge in [0.2, 0.25) is 0 Å². The highest BCUT2D eigenvalue weighted by Crippen LogP contribution is 2.29. The van der Waals surface area contributed by atoms with E-state index in [2.05, 4.69) is 61.8 Å². The molecule has 194 valence electrons. The quantitative estimate of drug-likeness (QED) is 0.375. The van der Waals surface area contributed by atoms with E-state index in [9.17, 15) is 5.11 Å². The third-order valence-corrected chi connectivity index (χ3v) is 7.42. The topological polar surface area (TPSA) is 45.2 Å². The summed E-state index contributed by atoms with van der Waals surface area (Å²) >= 11 is 12.0. The maximum Gasteiger partial charge on any atom is 0.121 e. The van der Waals surface area contributed by atoms with E-state index >= 15 is 0 Å². The number of hydrogen-bond donors (Lipinski definition) is 1. The molecule has 1 saturated heterocycles. The van der Waals surface area contributed by atoms with Gasteiger partial charge in [0.1, 0.15) is 24.7 Å². The van der Waals surface area contributed by atoms with Crippen LogP contribution in [-0.4, -0.2) is 65.4 Å². The fraction of sp³-hybridized carbons (Fsp3) is 0.571. The monoisotopic (exact) mass is 522 g/mol. The second-order valence-electron chi connectivity index (χ2n) is 10.1. The van der Waals surface area contributed by atoms with Crippen molar-refractivity contribution < 1.29 is 14.6 Å². The van der Waals surface area contributed by atoms with Crippen molar-refractivity contribution >= 4 is 23.2 Å². The summed E-state index contributed by atoms with van der Waals surface area (Å²) < 4.78 is 11.8. The lowest BCUT2D eigenvalue weighted by molar-refractivity contribution is -0.0168. The van der Waals surface area contributed by atoms with Crippen LogP contribution in [0.4, 0.5) is 0 Å². The molecule has 1 fully saturated rings. The molecule has 0 saturated carbocycles. The van der Waals surface area contributed by atoms with Crippen molar-refractivity contribution in [2.45, 2.75) is 71.2 Å². The Morgan fingerprint density at radius 3 is 2.26 bits per heavy atom. The summed E-state index contributed by atoms with van der Waals surface area (Å²) in [6, 6.07) is 14.6. The molecule has 35 heavy (non-hydrogen) atoms. The zero-order chi connectivity index (χ0) is 25.4. The molecular formula is C28H40Cl2N2O3. The smallest absolute Gasteiger partial charge is 0.121 e. The van der Waals surface area contributed by atoms with Crippen molar-refractivity contribution in [2.24, 2.45) is 0 Å². The van der Waals surface area contributed by atoms with Crippen LogP contribution in [0.25, 0.3) is 0 Å². The Labute approximate surface area is 220 Å². The molecule has 2 aromatic rings. The molecule has 1 atom stereocenters. The average molecular weight is 524 g/mol. The van der Waals surface area contributed by atoms with E-state index < -0.39 is 5.60 Å². The number of hydrogen-bond acceptors (Lipinski definition) is 5. The molecule has 7 heteroatoms. The Bertz CT molecular complexity index is 915. The summed E-state index contributed by atoms with van der Waals surface area (Å²) in [5, 5.41) is 12.1. The van der Waals surface area contributed by atoms with E-state index in [4.69, 9.17) is 32.7 Å². The van der Waals surface area contributed by atoms with Crippen LogP contribution in [0.1, 0.15) is 52.5 Å². The third kappa shape index (κ3) is 8.83. The number of ether oxygens (including phenoxy) is 2. The van der Waals surface area contributed by atoms with E-state index in [0.29, 0.717) is 47.3 Å². The predicted molar refractivity (Wildman–Crippen MR) is 145 cm³/mol. The number of aliphatic hydroxyl groups is 1. The molecule has 0 spiro atoms. The molecular weight excluding hydrogens is 483 g/mol. The lowest BCUT2D eigenvalue weighted by Gasteiger charge is -2.30. The van der Waals surface area contributed by atoms with Crippen LogP contribution >= 0.6 is 23.2 Å². The Balaban J connectivity index is 1.44. The lowest BCUT2D eigenvalue weighted by atomic mass is 9.96. The lowest BCUT2D eigenvalue weighted by Crippen LogP contribution is -2.39. The van der Waals surface area contributed by atoms with Crippen molar-refractivity contribution in [3.63, 3.8) is 0 Å². The molecule has 0 aliphatic carbocycles. The Morgan fingerprint density at radius 2 is 1.60 bits per heavy atom. The highest BCUT2D eigenvalue weighted by molar-refractivity contribution is 6.42. The zero-order valence-electron chi connectivity index (χ0n) is 21.5. The summed E-state index contributed by atoms with van der Waals surface area (Å²) in [5.41, 5.74) is 0.402. The maximum atomic E-state index is 11.1. The zero-order valence-corrected chi connectivity index (χ0v) is 23.0. The summed E-state index contributed by atoms with van der Waals surface area (Å²) in [4.78, 5) is 4.83. The molecule has 2 aromatic carbocycles. The van der Waals surface area contributed by atoms with Gasteiger partial charge < -0.3 is 14.6 Å². The molecule has 1 N–H and O–H groups in total. The van der Waals surface area contributed by atoms with Crippen molar-refractivity contribution in [3.05, 3.63) is 58.1 Å². The van der Waals surface area contributed by atoms with E-state index in [1.165, 1.54) is 5.56 Å². The van der Waals surface area contributed by atoms with Crippen molar-refractivity contribution in [3.8, 4) is 11.5 Å². The number of benzene rings is 2. The molecule has 1 aliphatic heterocycles. The SMILES string of the molecule is CC(C)N(CCOc1ccc(CN2CCCC(O)(COc3ccc(Cl)c(Cl)c3)CC2)cc1)C(C)C. The second-order valence-corrected chi connectivity index (χ2v) is 11.0. The molecule has 0 bridgehead atoms. The number of rotatable bonds is 11. The van der Waals surface area contributed by atoms with Gasteiger partial charge in [-0.1, -0.05) is 35.3 Å². The Kier molecular flexibility index (Phi) is 10.6. The first-order valence-corrected chi connectivity index (χ1v) is 13.4. The van der Waals surface area contributed by atoms with Crippen LogP contribution in [0.2, 0.25) is 10.0 Å². The Morgan fingerprint density at radius 1 is 0.914 bits per heavy atom. The summed E-state index contributed by atoms with van der Waals surface area (Å²) in [6.07, 6.45) is 2.30. The summed E-state index contributed by atoms with van der Waals surface area (Å²) in [5.74, 6) is 1.53. The normalized spacial score (nSPS) is 19.4. The van der Waals surface area contributed by atoms with Gasteiger partial charge in [0, 0.05) is 37.8 Å². The molecule has 1 heterocycles. The van der Waals surface area contributed by atoms with Gasteiger partial charge in [-0.15, -0.1) is 0 Å². The molecule has 1 aliphatic rings. The fourth-order valence-corrected chi connectivity index (χ4v) is 4.94. The van der Waals surface area contributed by atoms with Crippen LogP contribution in [0, 0.1) is 0 Å². The standard InChI is InChI=1S/C28H40Cl2N2O3/c1-21(2)32(22(3)4)16-17-34-24-8-6-23(7-9-24)19-31-14-5-12-28(33,13-15-31)20-35-25-10-11-26(29)27(30)18-25/h6-11,18,21-22,33H,5,12-17,19-20H2,1-4H3. The maximum absolute atomic E-state index is 11.1. The van der Waals surface area contributed by atoms with Crippen LogP contribution in [0.3, 0.4) is 0 Å². The minimum atomic E-state index is -0.849. The largest absolute Gasteiger partial charge is 0.492 e. The van der Waals surface area contributed by atoms with Crippen molar-refractivity contribution in [1.29, 1.82) is 0 Å². The van der Waals surface area contributed by atoms with E-state index in [1.54, 1.807) is 18.2 Å². The van der Waals surface area contributed by atoms with Crippen molar-refractivity contribution in [2.75, 3.05) is 32.8 Å². The van der Waals surface area contributed by atoms with Crippen molar-refractivity contribution in [1.82, 2.24) is 9.80 Å². The summed E-state index contributed by atoms with van der Waals surface area (Å²) in [6.45, 7) is 13.4. The Hall–Kier alpha value is -1.50. The second kappa shape index (κ2) is 13.2. The van der Waals surface area contributed by atoms with E-state index in [-0.39, 0.29) is 6.61 Å². The van der Waals surface area contributed by atoms with Crippen LogP contribution in [0.15, 0.2) is 42.5 Å². The van der Waals surface area contributed by atoms with E-state index in [0.717, 1.165) is 38.3 Å². The fourth-order valence-electron chi connectivity index (χ4n) is 4.65. The molecule has 1 unspecified atom stereocenters. The van der Waals surface area contributed by atoms with Gasteiger partial charge in [-0.3, -0.25) is 9.80 Å². The highest BCUT2D eigenvalue weighted by Gasteiger charge is 2.31. The summed E-state index contributed by atoms with van der Waals surface area (Å²) in [7, 11) is 0. The minimum Gasteiger partial charge on any atom is -0.492 e. The third-order valence-electron chi connectivity index (χ3n) is 6.68. The minimum absolute atomic E-state index is 0.246.